The number of hydrazone groups is 1. The second-order valence-electron chi connectivity index (χ2n) is 8.80. The molecule has 0 fully saturated rings. The summed E-state index contributed by atoms with van der Waals surface area (Å²) in [4.78, 5) is 21.9. The Morgan fingerprint density at radius 3 is 2.74 bits per heavy atom. The number of benzene rings is 1. The first-order valence-corrected chi connectivity index (χ1v) is 11.4. The van der Waals surface area contributed by atoms with Gasteiger partial charge in [-0.15, -0.1) is 11.3 Å². The van der Waals surface area contributed by atoms with Crippen molar-refractivity contribution in [1.82, 2.24) is 9.97 Å². The molecule has 1 N–H and O–H groups in total. The predicted octanol–water partition coefficient (Wildman–Crippen LogP) is 5.98. The highest BCUT2D eigenvalue weighted by atomic mass is 32.1. The number of hydrogen-bond donors (Lipinski definition) is 1. The molecule has 0 unspecified atom stereocenters. The van der Waals surface area contributed by atoms with E-state index < -0.39 is 4.92 Å². The number of hydrogen-bond acceptors (Lipinski definition) is 7. The minimum atomic E-state index is -0.404. The lowest BCUT2D eigenvalue weighted by Gasteiger charge is -2.36. The zero-order valence-corrected chi connectivity index (χ0v) is 19.1. The Hall–Kier alpha value is -2.87. The van der Waals surface area contributed by atoms with Crippen LogP contribution in [-0.2, 0) is 12.8 Å². The number of aryl methyl sites for hydroxylation is 1. The number of nitrogens with zero attached hydrogens (tertiary/aromatic N) is 4. The van der Waals surface area contributed by atoms with E-state index in [9.17, 15) is 10.1 Å². The number of nitro groups is 1. The fraction of sp³-hybridized carbons (Fsp3) is 0.435. The van der Waals surface area contributed by atoms with Crippen LogP contribution < -0.4 is 5.43 Å². The van der Waals surface area contributed by atoms with Crippen molar-refractivity contribution in [3.05, 3.63) is 56.7 Å². The normalized spacial score (nSPS) is 16.9. The van der Waals surface area contributed by atoms with Gasteiger partial charge in [-0.2, -0.15) is 5.10 Å². The second kappa shape index (κ2) is 8.34. The van der Waals surface area contributed by atoms with Gasteiger partial charge in [0.05, 0.1) is 16.0 Å². The van der Waals surface area contributed by atoms with Crippen molar-refractivity contribution in [3.8, 4) is 0 Å². The van der Waals surface area contributed by atoms with Gasteiger partial charge in [0.2, 0.25) is 0 Å². The third-order valence-electron chi connectivity index (χ3n) is 6.68. The Morgan fingerprint density at radius 1 is 1.32 bits per heavy atom. The fourth-order valence-corrected chi connectivity index (χ4v) is 5.36. The molecular formula is C23H27N5O2S. The topological polar surface area (TPSA) is 93.3 Å². The summed E-state index contributed by atoms with van der Waals surface area (Å²) < 4.78 is 0. The van der Waals surface area contributed by atoms with Crippen LogP contribution in [0.1, 0.15) is 56.5 Å². The molecule has 1 atom stereocenters. The molecule has 2 aromatic heterocycles. The van der Waals surface area contributed by atoms with E-state index in [1.165, 1.54) is 29.0 Å². The smallest absolute Gasteiger partial charge is 0.260 e. The molecule has 0 saturated carbocycles. The van der Waals surface area contributed by atoms with Gasteiger partial charge >= 0.3 is 0 Å². The number of fused-ring (bicyclic) bond motifs is 3. The molecule has 0 spiro atoms. The van der Waals surface area contributed by atoms with Crippen molar-refractivity contribution < 1.29 is 4.92 Å². The van der Waals surface area contributed by atoms with Crippen LogP contribution in [-0.4, -0.2) is 20.6 Å². The van der Waals surface area contributed by atoms with Gasteiger partial charge in [-0.25, -0.2) is 9.97 Å². The third kappa shape index (κ3) is 4.17. The summed E-state index contributed by atoms with van der Waals surface area (Å²) in [7, 11) is 0. The summed E-state index contributed by atoms with van der Waals surface area (Å²) in [5, 5.41) is 16.5. The van der Waals surface area contributed by atoms with E-state index in [0.717, 1.165) is 46.6 Å². The van der Waals surface area contributed by atoms with E-state index in [-0.39, 0.29) is 5.69 Å². The maximum atomic E-state index is 10.9. The van der Waals surface area contributed by atoms with Gasteiger partial charge in [-0.05, 0) is 60.8 Å². The Kier molecular flexibility index (Phi) is 5.75. The molecule has 1 aliphatic rings. The van der Waals surface area contributed by atoms with Crippen molar-refractivity contribution >= 4 is 38.8 Å². The summed E-state index contributed by atoms with van der Waals surface area (Å²) in [6, 6.07) is 6.39. The number of non-ortho nitro benzene ring substituents is 1. The number of rotatable bonds is 6. The van der Waals surface area contributed by atoms with E-state index >= 15 is 0 Å². The lowest BCUT2D eigenvalue weighted by molar-refractivity contribution is -0.384. The molecule has 162 valence electrons. The van der Waals surface area contributed by atoms with Crippen molar-refractivity contribution in [1.29, 1.82) is 0 Å². The summed E-state index contributed by atoms with van der Waals surface area (Å²) in [5.41, 5.74) is 6.43. The van der Waals surface area contributed by atoms with Crippen molar-refractivity contribution in [2.45, 2.75) is 53.4 Å². The van der Waals surface area contributed by atoms with Crippen LogP contribution in [0.5, 0.6) is 0 Å². The van der Waals surface area contributed by atoms with Gasteiger partial charge in [0.25, 0.3) is 5.69 Å². The minimum absolute atomic E-state index is 0.0662. The maximum absolute atomic E-state index is 10.9. The third-order valence-corrected chi connectivity index (χ3v) is 7.88. The monoisotopic (exact) mass is 437 g/mol. The van der Waals surface area contributed by atoms with Crippen LogP contribution in [0, 0.1) is 21.4 Å². The van der Waals surface area contributed by atoms with Crippen LogP contribution in [0.15, 0.2) is 35.7 Å². The molecule has 3 aromatic rings. The van der Waals surface area contributed by atoms with E-state index in [1.54, 1.807) is 29.8 Å². The van der Waals surface area contributed by atoms with Crippen LogP contribution in [0.25, 0.3) is 10.2 Å². The highest BCUT2D eigenvalue weighted by Crippen LogP contribution is 2.45. The SMILES string of the molecule is CCC(C)(C)[C@H]1CCc2sc3ncnc(N/N=C(\C)c4ccc([N+](=O)[O-])cc4)c3c2C1. The first-order chi connectivity index (χ1) is 14.8. The van der Waals surface area contributed by atoms with Gasteiger partial charge in [0.15, 0.2) is 5.82 Å². The molecule has 0 amide bonds. The number of nitro benzene ring substituents is 1. The second-order valence-corrected chi connectivity index (χ2v) is 9.88. The van der Waals surface area contributed by atoms with Crippen LogP contribution in [0.4, 0.5) is 11.5 Å². The number of nitrogens with one attached hydrogen (secondary N) is 1. The van der Waals surface area contributed by atoms with Gasteiger partial charge in [0.1, 0.15) is 11.2 Å². The van der Waals surface area contributed by atoms with Crippen molar-refractivity contribution in [3.63, 3.8) is 0 Å². The van der Waals surface area contributed by atoms with Crippen molar-refractivity contribution in [2.75, 3.05) is 5.43 Å². The predicted molar refractivity (Wildman–Crippen MR) is 126 cm³/mol. The van der Waals surface area contributed by atoms with Gasteiger partial charge < -0.3 is 0 Å². The largest absolute Gasteiger partial charge is 0.269 e. The van der Waals surface area contributed by atoms with E-state index in [0.29, 0.717) is 11.3 Å². The number of anilines is 1. The molecule has 1 aromatic carbocycles. The van der Waals surface area contributed by atoms with E-state index in [1.807, 2.05) is 6.92 Å². The lowest BCUT2D eigenvalue weighted by atomic mass is 9.69. The van der Waals surface area contributed by atoms with Crippen LogP contribution in [0.3, 0.4) is 0 Å². The Bertz CT molecular complexity index is 1150. The maximum Gasteiger partial charge on any atom is 0.269 e. The van der Waals surface area contributed by atoms with Crippen molar-refractivity contribution in [2.24, 2.45) is 16.4 Å². The summed E-state index contributed by atoms with van der Waals surface area (Å²) >= 11 is 1.77. The molecule has 7 nitrogen and oxygen atoms in total. The van der Waals surface area contributed by atoms with E-state index in [2.05, 4.69) is 41.3 Å². The Balaban J connectivity index is 1.64. The molecule has 31 heavy (non-hydrogen) atoms. The molecule has 2 heterocycles. The lowest BCUT2D eigenvalue weighted by Crippen LogP contribution is -2.28. The molecular weight excluding hydrogens is 410 g/mol. The summed E-state index contributed by atoms with van der Waals surface area (Å²) in [6.07, 6.45) is 6.10. The Morgan fingerprint density at radius 2 is 2.06 bits per heavy atom. The standard InChI is InChI=1S/C23H27N5O2S/c1-5-23(3,4)16-8-11-19-18(12-16)20-21(24-13-25-22(20)31-19)27-26-14(2)15-6-9-17(10-7-15)28(29)30/h6-7,9-10,13,16H,5,8,11-12H2,1-4H3,(H,24,25,27)/b26-14+/t16-/m0/s1. The molecule has 0 bridgehead atoms. The minimum Gasteiger partial charge on any atom is -0.260 e. The zero-order chi connectivity index (χ0) is 22.2. The fourth-order valence-electron chi connectivity index (χ4n) is 4.17. The summed E-state index contributed by atoms with van der Waals surface area (Å²) in [5.74, 6) is 1.36. The van der Waals surface area contributed by atoms with Crippen LogP contribution >= 0.6 is 11.3 Å². The molecule has 1 aliphatic carbocycles. The molecule has 0 aliphatic heterocycles. The Labute approximate surface area is 185 Å². The van der Waals surface area contributed by atoms with Crippen LogP contribution in [0.2, 0.25) is 0 Å². The first kappa shape index (κ1) is 21.4. The highest BCUT2D eigenvalue weighted by molar-refractivity contribution is 7.19. The molecule has 0 radical (unpaired) electrons. The molecule has 8 heteroatoms. The number of thiophene rings is 1. The van der Waals surface area contributed by atoms with Gasteiger partial charge in [-0.3, -0.25) is 15.5 Å². The summed E-state index contributed by atoms with van der Waals surface area (Å²) in [6.45, 7) is 8.87. The highest BCUT2D eigenvalue weighted by Gasteiger charge is 2.33. The van der Waals surface area contributed by atoms with E-state index in [4.69, 9.17) is 0 Å². The van der Waals surface area contributed by atoms with Gasteiger partial charge in [-0.1, -0.05) is 27.2 Å². The quantitative estimate of drug-likeness (QED) is 0.291. The molecule has 0 saturated heterocycles. The number of aromatic nitrogens is 2. The van der Waals surface area contributed by atoms with Gasteiger partial charge in [0, 0.05) is 17.0 Å². The zero-order valence-electron chi connectivity index (χ0n) is 18.3. The molecule has 4 rings (SSSR count). The average Bonchev–Trinajstić information content (AvgIpc) is 3.16. The first-order valence-electron chi connectivity index (χ1n) is 10.6. The average molecular weight is 438 g/mol.